The summed E-state index contributed by atoms with van der Waals surface area (Å²) in [6.45, 7) is 0. The van der Waals surface area contributed by atoms with Gasteiger partial charge in [0.2, 0.25) is 0 Å². The fourth-order valence-corrected chi connectivity index (χ4v) is 2.10. The molecule has 0 amide bonds. The number of phenolic OH excluding ortho intramolecular Hbond substituents is 1. The molecular weight excluding hydrogens is 304 g/mol. The Balaban J connectivity index is 2.24. The molecule has 0 saturated carbocycles. The molecule has 0 unspecified atom stereocenters. The lowest BCUT2D eigenvalue weighted by Gasteiger charge is -2.07. The number of aromatic hydroxyl groups is 1. The fraction of sp³-hybridized carbons (Fsp3) is 0.118. The SMILES string of the molecule is COc1ccc(/C=C\C(=O)c2cc(Cl)ccc2O)cc1OC. The molecule has 2 aromatic rings. The number of hydrogen-bond donors (Lipinski definition) is 1. The van der Waals surface area contributed by atoms with Gasteiger partial charge in [-0.15, -0.1) is 0 Å². The summed E-state index contributed by atoms with van der Waals surface area (Å²) >= 11 is 5.83. The van der Waals surface area contributed by atoms with Crippen molar-refractivity contribution < 1.29 is 19.4 Å². The third-order valence-corrected chi connectivity index (χ3v) is 3.29. The molecule has 0 spiro atoms. The minimum atomic E-state index is -0.338. The lowest BCUT2D eigenvalue weighted by atomic mass is 10.1. The van der Waals surface area contributed by atoms with Gasteiger partial charge in [0, 0.05) is 5.02 Å². The normalized spacial score (nSPS) is 10.7. The third kappa shape index (κ3) is 3.59. The van der Waals surface area contributed by atoms with Crippen molar-refractivity contribution in [3.05, 3.63) is 58.6 Å². The average Bonchev–Trinajstić information content (AvgIpc) is 2.54. The van der Waals surface area contributed by atoms with Crippen molar-refractivity contribution in [2.75, 3.05) is 14.2 Å². The quantitative estimate of drug-likeness (QED) is 0.669. The van der Waals surface area contributed by atoms with Crippen LogP contribution in [0.25, 0.3) is 6.08 Å². The number of ketones is 1. The van der Waals surface area contributed by atoms with E-state index < -0.39 is 0 Å². The number of allylic oxidation sites excluding steroid dienone is 1. The van der Waals surface area contributed by atoms with Crippen LogP contribution in [0.5, 0.6) is 17.2 Å². The summed E-state index contributed by atoms with van der Waals surface area (Å²) in [5.41, 5.74) is 0.928. The van der Waals surface area contributed by atoms with Crippen LogP contribution in [0.3, 0.4) is 0 Å². The van der Waals surface area contributed by atoms with Crippen LogP contribution >= 0.6 is 11.6 Å². The Bertz CT molecular complexity index is 723. The van der Waals surface area contributed by atoms with Gasteiger partial charge in [-0.25, -0.2) is 0 Å². The topological polar surface area (TPSA) is 55.8 Å². The number of halogens is 1. The molecule has 2 rings (SSSR count). The van der Waals surface area contributed by atoms with Crippen LogP contribution in [-0.2, 0) is 0 Å². The third-order valence-electron chi connectivity index (χ3n) is 3.06. The van der Waals surface area contributed by atoms with Crippen molar-refractivity contribution in [2.45, 2.75) is 0 Å². The smallest absolute Gasteiger partial charge is 0.189 e. The fourth-order valence-electron chi connectivity index (χ4n) is 1.92. The summed E-state index contributed by atoms with van der Waals surface area (Å²) in [6, 6.07) is 9.63. The highest BCUT2D eigenvalue weighted by Gasteiger charge is 2.09. The van der Waals surface area contributed by atoms with Gasteiger partial charge < -0.3 is 14.6 Å². The molecule has 0 aliphatic rings. The van der Waals surface area contributed by atoms with E-state index in [0.29, 0.717) is 16.5 Å². The first-order valence-electron chi connectivity index (χ1n) is 6.48. The van der Waals surface area contributed by atoms with Gasteiger partial charge >= 0.3 is 0 Å². The lowest BCUT2D eigenvalue weighted by Crippen LogP contribution is -1.95. The highest BCUT2D eigenvalue weighted by atomic mass is 35.5. The van der Waals surface area contributed by atoms with Crippen LogP contribution in [0, 0.1) is 0 Å². The van der Waals surface area contributed by atoms with Gasteiger partial charge in [0.15, 0.2) is 17.3 Å². The molecule has 0 aliphatic heterocycles. The van der Waals surface area contributed by atoms with Gasteiger partial charge in [-0.2, -0.15) is 0 Å². The molecule has 0 fully saturated rings. The molecule has 114 valence electrons. The Kier molecular flexibility index (Phi) is 5.07. The maximum absolute atomic E-state index is 12.1. The maximum Gasteiger partial charge on any atom is 0.189 e. The zero-order valence-corrected chi connectivity index (χ0v) is 12.9. The molecule has 0 aromatic heterocycles. The second-order valence-corrected chi connectivity index (χ2v) is 4.91. The maximum atomic E-state index is 12.1. The molecule has 1 N–H and O–H groups in total. The average molecular weight is 319 g/mol. The summed E-state index contributed by atoms with van der Waals surface area (Å²) in [6.07, 6.45) is 3.00. The number of ether oxygens (including phenoxy) is 2. The molecule has 0 bridgehead atoms. The van der Waals surface area contributed by atoms with E-state index in [9.17, 15) is 9.90 Å². The summed E-state index contributed by atoms with van der Waals surface area (Å²) in [5.74, 6) is 0.738. The summed E-state index contributed by atoms with van der Waals surface area (Å²) in [7, 11) is 3.10. The first-order valence-corrected chi connectivity index (χ1v) is 6.86. The van der Waals surface area contributed by atoms with Crippen molar-refractivity contribution in [1.29, 1.82) is 0 Å². The second kappa shape index (κ2) is 7.00. The number of rotatable bonds is 5. The van der Waals surface area contributed by atoms with E-state index in [-0.39, 0.29) is 17.1 Å². The summed E-state index contributed by atoms with van der Waals surface area (Å²) in [5, 5.41) is 10.1. The Morgan fingerprint density at radius 2 is 1.82 bits per heavy atom. The van der Waals surface area contributed by atoms with Crippen LogP contribution in [0.2, 0.25) is 5.02 Å². The molecule has 2 aromatic carbocycles. The van der Waals surface area contributed by atoms with Gasteiger partial charge in [-0.1, -0.05) is 23.7 Å². The summed E-state index contributed by atoms with van der Waals surface area (Å²) in [4.78, 5) is 12.1. The second-order valence-electron chi connectivity index (χ2n) is 4.47. The largest absolute Gasteiger partial charge is 0.507 e. The molecule has 4 nitrogen and oxygen atoms in total. The van der Waals surface area contributed by atoms with E-state index in [4.69, 9.17) is 21.1 Å². The van der Waals surface area contributed by atoms with Crippen LogP contribution in [-0.4, -0.2) is 25.1 Å². The number of phenols is 1. The molecule has 0 atom stereocenters. The van der Waals surface area contributed by atoms with E-state index in [0.717, 1.165) is 5.56 Å². The highest BCUT2D eigenvalue weighted by molar-refractivity contribution is 6.31. The molecule has 0 heterocycles. The van der Waals surface area contributed by atoms with Crippen LogP contribution in [0.1, 0.15) is 15.9 Å². The number of carbonyl (C=O) groups excluding carboxylic acids is 1. The Hall–Kier alpha value is -2.46. The van der Waals surface area contributed by atoms with Gasteiger partial charge in [0.05, 0.1) is 19.8 Å². The van der Waals surface area contributed by atoms with Crippen LogP contribution < -0.4 is 9.47 Å². The molecular formula is C17H15ClO4. The molecule has 0 aliphatic carbocycles. The minimum absolute atomic E-state index is 0.105. The monoisotopic (exact) mass is 318 g/mol. The minimum Gasteiger partial charge on any atom is -0.507 e. The lowest BCUT2D eigenvalue weighted by molar-refractivity contribution is 0.104. The van der Waals surface area contributed by atoms with Gasteiger partial charge in [0.1, 0.15) is 5.75 Å². The van der Waals surface area contributed by atoms with Gasteiger partial charge in [-0.05, 0) is 42.0 Å². The predicted molar refractivity (Wildman–Crippen MR) is 86.0 cm³/mol. The van der Waals surface area contributed by atoms with Crippen LogP contribution in [0.4, 0.5) is 0 Å². The van der Waals surface area contributed by atoms with Crippen molar-refractivity contribution in [1.82, 2.24) is 0 Å². The molecule has 5 heteroatoms. The molecule has 0 radical (unpaired) electrons. The first-order chi connectivity index (χ1) is 10.5. The molecule has 22 heavy (non-hydrogen) atoms. The van der Waals surface area contributed by atoms with E-state index in [2.05, 4.69) is 0 Å². The molecule has 0 saturated heterocycles. The van der Waals surface area contributed by atoms with Gasteiger partial charge in [-0.3, -0.25) is 4.79 Å². The first kappa shape index (κ1) is 15.9. The van der Waals surface area contributed by atoms with E-state index in [1.807, 2.05) is 0 Å². The number of methoxy groups -OCH3 is 2. The van der Waals surface area contributed by atoms with Gasteiger partial charge in [0.25, 0.3) is 0 Å². The predicted octanol–water partition coefficient (Wildman–Crippen LogP) is 3.96. The van der Waals surface area contributed by atoms with E-state index in [1.54, 1.807) is 38.5 Å². The van der Waals surface area contributed by atoms with E-state index >= 15 is 0 Å². The number of benzene rings is 2. The van der Waals surface area contributed by atoms with Crippen molar-refractivity contribution in [3.63, 3.8) is 0 Å². The van der Waals surface area contributed by atoms with Crippen molar-refractivity contribution >= 4 is 23.5 Å². The zero-order valence-electron chi connectivity index (χ0n) is 12.2. The van der Waals surface area contributed by atoms with E-state index in [1.165, 1.54) is 24.3 Å². The standard InChI is InChI=1S/C17H15ClO4/c1-21-16-8-4-11(9-17(16)22-2)3-6-14(19)13-10-12(18)5-7-15(13)20/h3-10,20H,1-2H3/b6-3-. The number of hydrogen-bond acceptors (Lipinski definition) is 4. The van der Waals surface area contributed by atoms with Crippen molar-refractivity contribution in [3.8, 4) is 17.2 Å². The Morgan fingerprint density at radius 3 is 2.50 bits per heavy atom. The summed E-state index contributed by atoms with van der Waals surface area (Å²) < 4.78 is 10.4. The number of carbonyl (C=O) groups is 1. The Labute approximate surface area is 133 Å². The van der Waals surface area contributed by atoms with Crippen molar-refractivity contribution in [2.24, 2.45) is 0 Å². The highest BCUT2D eigenvalue weighted by Crippen LogP contribution is 2.28. The Morgan fingerprint density at radius 1 is 1.09 bits per heavy atom. The van der Waals surface area contributed by atoms with Crippen LogP contribution in [0.15, 0.2) is 42.5 Å². The zero-order chi connectivity index (χ0) is 16.1.